The summed E-state index contributed by atoms with van der Waals surface area (Å²) >= 11 is 0. The second-order valence-electron chi connectivity index (χ2n) is 11.8. The van der Waals surface area contributed by atoms with Crippen LogP contribution in [0.4, 0.5) is 0 Å². The van der Waals surface area contributed by atoms with Crippen LogP contribution < -0.4 is 18.9 Å². The summed E-state index contributed by atoms with van der Waals surface area (Å²) in [6.07, 6.45) is 0. The monoisotopic (exact) mass is 380 g/mol. The molecule has 0 N–H and O–H groups in total. The van der Waals surface area contributed by atoms with E-state index in [0.29, 0.717) is 10.1 Å². The molecule has 0 saturated heterocycles. The van der Waals surface area contributed by atoms with Gasteiger partial charge in [0.1, 0.15) is 16.5 Å². The van der Waals surface area contributed by atoms with Crippen LogP contribution in [0.25, 0.3) is 5.09 Å². The van der Waals surface area contributed by atoms with E-state index in [1.165, 1.54) is 0 Å². The molecule has 140 valence electrons. The van der Waals surface area contributed by atoms with Crippen LogP contribution in [0.3, 0.4) is 0 Å². The maximum absolute atomic E-state index is 5.65. The number of hydrogen-bond donors (Lipinski definition) is 0. The molecule has 0 saturated carbocycles. The minimum atomic E-state index is -1.72. The van der Waals surface area contributed by atoms with Crippen molar-refractivity contribution in [1.29, 1.82) is 0 Å². The Kier molecular flexibility index (Phi) is 8.73. The van der Waals surface area contributed by atoms with Crippen molar-refractivity contribution in [2.45, 2.75) is 117 Å². The van der Waals surface area contributed by atoms with Gasteiger partial charge >= 0.3 is 18.9 Å². The van der Waals surface area contributed by atoms with Crippen LogP contribution in [0.2, 0.25) is 54.4 Å². The molecule has 0 aliphatic carbocycles. The van der Waals surface area contributed by atoms with Gasteiger partial charge in [-0.2, -0.15) is 0 Å². The maximum Gasteiger partial charge on any atom is 1.00 e. The first-order chi connectivity index (χ1) is 9.59. The standard InChI is InChI=1S/C18H45N2Si3.Li/c1-16(2,3)21(10,11)19-20(22(12,13)17(4,5)6)23(14,15)18(7,8)9;/h1-15H3;/q-1;+1. The van der Waals surface area contributed by atoms with Gasteiger partial charge in [0.05, 0.1) is 0 Å². The largest absolute Gasteiger partial charge is 1.00 e. The van der Waals surface area contributed by atoms with Crippen molar-refractivity contribution in [3.63, 3.8) is 0 Å². The smallest absolute Gasteiger partial charge is 0.611 e. The molecule has 0 unspecified atom stereocenters. The Morgan fingerprint density at radius 2 is 0.792 bits per heavy atom. The van der Waals surface area contributed by atoms with Gasteiger partial charge in [-0.25, -0.2) is 0 Å². The molecule has 0 atom stereocenters. The van der Waals surface area contributed by atoms with Crippen LogP contribution in [-0.4, -0.2) is 29.0 Å². The van der Waals surface area contributed by atoms with Gasteiger partial charge in [0, 0.05) is 0 Å². The molecule has 0 aromatic rings. The van der Waals surface area contributed by atoms with Crippen LogP contribution >= 0.6 is 0 Å². The molecule has 0 rings (SSSR count). The molecule has 0 aromatic heterocycles. The summed E-state index contributed by atoms with van der Waals surface area (Å²) in [7, 11) is -5.13. The molecule has 0 aliphatic rings. The van der Waals surface area contributed by atoms with E-state index in [1.807, 2.05) is 0 Å². The van der Waals surface area contributed by atoms with Crippen LogP contribution in [0, 0.1) is 0 Å². The molecule has 2 nitrogen and oxygen atoms in total. The van der Waals surface area contributed by atoms with E-state index < -0.39 is 24.7 Å². The van der Waals surface area contributed by atoms with E-state index in [1.54, 1.807) is 0 Å². The molecule has 0 fully saturated rings. The van der Waals surface area contributed by atoms with E-state index >= 15 is 0 Å². The Morgan fingerprint density at radius 3 is 0.958 bits per heavy atom. The van der Waals surface area contributed by atoms with Gasteiger partial charge in [-0.3, -0.25) is 0 Å². The van der Waals surface area contributed by atoms with E-state index in [9.17, 15) is 0 Å². The third-order valence-corrected chi connectivity index (χ3v) is 24.7. The predicted octanol–water partition coefficient (Wildman–Crippen LogP) is 4.60. The van der Waals surface area contributed by atoms with Crippen molar-refractivity contribution in [3.05, 3.63) is 5.09 Å². The fourth-order valence-electron chi connectivity index (χ4n) is 1.98. The van der Waals surface area contributed by atoms with Gasteiger partial charge in [0.25, 0.3) is 0 Å². The second kappa shape index (κ2) is 7.65. The fraction of sp³-hybridized carbons (Fsp3) is 1.00. The van der Waals surface area contributed by atoms with Crippen LogP contribution in [-0.2, 0) is 0 Å². The summed E-state index contributed by atoms with van der Waals surface area (Å²) in [6.45, 7) is 36.6. The molecule has 0 bridgehead atoms. The molecule has 0 aromatic carbocycles. The molecule has 6 heteroatoms. The Morgan fingerprint density at radius 1 is 0.542 bits per heavy atom. The molecule has 0 heterocycles. The van der Waals surface area contributed by atoms with Crippen molar-refractivity contribution >= 4 is 24.7 Å². The zero-order valence-electron chi connectivity index (χ0n) is 19.9. The summed E-state index contributed by atoms with van der Waals surface area (Å²) in [5.74, 6) is 0. The normalized spacial score (nSPS) is 15.5. The minimum absolute atomic E-state index is 0. The van der Waals surface area contributed by atoms with Gasteiger partial charge in [-0.1, -0.05) is 107 Å². The first kappa shape index (κ1) is 27.4. The zero-order chi connectivity index (χ0) is 19.3. The number of nitrogens with zero attached hydrogens (tertiary/aromatic N) is 2. The van der Waals surface area contributed by atoms with E-state index in [0.717, 1.165) is 0 Å². The van der Waals surface area contributed by atoms with Crippen molar-refractivity contribution in [3.8, 4) is 0 Å². The van der Waals surface area contributed by atoms with Crippen molar-refractivity contribution in [2.24, 2.45) is 0 Å². The van der Waals surface area contributed by atoms with Crippen molar-refractivity contribution in [2.75, 3.05) is 0 Å². The molecule has 0 radical (unpaired) electrons. The van der Waals surface area contributed by atoms with Gasteiger partial charge in [0.2, 0.25) is 0 Å². The fourth-order valence-corrected chi connectivity index (χ4v) is 15.2. The molecule has 0 spiro atoms. The van der Waals surface area contributed by atoms with Crippen LogP contribution in [0.15, 0.2) is 0 Å². The predicted molar refractivity (Wildman–Crippen MR) is 117 cm³/mol. The third kappa shape index (κ3) is 5.58. The molecular weight excluding hydrogens is 335 g/mol. The topological polar surface area (TPSA) is 17.3 Å². The molecule has 0 aliphatic heterocycles. The van der Waals surface area contributed by atoms with E-state index in [2.05, 4.69) is 106 Å². The third-order valence-electron chi connectivity index (χ3n) is 6.92. The first-order valence-electron chi connectivity index (χ1n) is 9.12. The van der Waals surface area contributed by atoms with Gasteiger partial charge in [-0.05, 0) is 18.3 Å². The maximum atomic E-state index is 5.65. The Bertz CT molecular complexity index is 387. The quantitative estimate of drug-likeness (QED) is 0.515. The van der Waals surface area contributed by atoms with Gasteiger partial charge in [0.15, 0.2) is 0 Å². The van der Waals surface area contributed by atoms with Crippen molar-refractivity contribution in [1.82, 2.24) is 4.34 Å². The molecule has 24 heavy (non-hydrogen) atoms. The average Bonchev–Trinajstić information content (AvgIpc) is 2.20. The molecular formula is C18H45LiN2Si3. The van der Waals surface area contributed by atoms with E-state index in [-0.39, 0.29) is 23.9 Å². The van der Waals surface area contributed by atoms with Crippen molar-refractivity contribution < 1.29 is 18.9 Å². The zero-order valence-corrected chi connectivity index (χ0v) is 22.9. The Hall–Kier alpha value is 1.17. The summed E-state index contributed by atoms with van der Waals surface area (Å²) in [6, 6.07) is 0. The summed E-state index contributed by atoms with van der Waals surface area (Å²) in [5, 5.41) is 6.57. The SMILES string of the molecule is CC(C)(C)[Si](C)(C)[N-]N([Si](C)(C)C(C)(C)C)[Si](C)(C)C(C)(C)C.[Li+]. The number of rotatable bonds is 4. The summed E-state index contributed by atoms with van der Waals surface area (Å²) < 4.78 is 2.76. The summed E-state index contributed by atoms with van der Waals surface area (Å²) in [4.78, 5) is 0. The Balaban J connectivity index is 0. The van der Waals surface area contributed by atoms with E-state index in [4.69, 9.17) is 5.09 Å². The summed E-state index contributed by atoms with van der Waals surface area (Å²) in [5.41, 5.74) is 0. The van der Waals surface area contributed by atoms with Crippen LogP contribution in [0.1, 0.15) is 62.3 Å². The molecule has 0 amide bonds. The van der Waals surface area contributed by atoms with Crippen LogP contribution in [0.5, 0.6) is 0 Å². The Labute approximate surface area is 169 Å². The number of hydrogen-bond acceptors (Lipinski definition) is 1. The minimum Gasteiger partial charge on any atom is -0.611 e. The van der Waals surface area contributed by atoms with Gasteiger partial charge < -0.3 is 9.43 Å². The second-order valence-corrected chi connectivity index (χ2v) is 27.2. The first-order valence-corrected chi connectivity index (χ1v) is 18.0. The van der Waals surface area contributed by atoms with Gasteiger partial charge in [-0.15, -0.1) is 0 Å². The average molecular weight is 381 g/mol.